The molecule has 0 bridgehead atoms. The Morgan fingerprint density at radius 2 is 2.04 bits per heavy atom. The lowest BCUT2D eigenvalue weighted by Crippen LogP contribution is -2.10. The lowest BCUT2D eigenvalue weighted by molar-refractivity contribution is 0.100. The number of hydrogen-bond acceptors (Lipinski definition) is 6. The fourth-order valence-electron chi connectivity index (χ4n) is 3.25. The van der Waals surface area contributed by atoms with Crippen molar-refractivity contribution in [2.24, 2.45) is 12.8 Å². The predicted molar refractivity (Wildman–Crippen MR) is 104 cm³/mol. The van der Waals surface area contributed by atoms with Crippen LogP contribution in [0.2, 0.25) is 0 Å². The molecule has 3 heterocycles. The van der Waals surface area contributed by atoms with E-state index in [-0.39, 0.29) is 21.9 Å². The van der Waals surface area contributed by atoms with Crippen LogP contribution in [0.4, 0.5) is 11.5 Å². The maximum atomic E-state index is 11.7. The van der Waals surface area contributed by atoms with E-state index in [1.807, 2.05) is 41.9 Å². The van der Waals surface area contributed by atoms with E-state index in [2.05, 4.69) is 11.1 Å². The average molecular weight is 362 g/mol. The second kappa shape index (κ2) is 5.47. The van der Waals surface area contributed by atoms with E-state index in [1.165, 1.54) is 0 Å². The molecule has 4 rings (SSSR count). The van der Waals surface area contributed by atoms with Crippen LogP contribution in [0.3, 0.4) is 0 Å². The molecule has 0 fully saturated rings. The minimum atomic E-state index is -0.634. The van der Waals surface area contributed by atoms with Crippen molar-refractivity contribution in [3.8, 4) is 17.3 Å². The lowest BCUT2D eigenvalue weighted by Gasteiger charge is -2.11. The number of primary amides is 1. The number of carbonyl (C=O) groups is 1. The van der Waals surface area contributed by atoms with E-state index in [0.29, 0.717) is 15.8 Å². The molecule has 0 aliphatic rings. The first-order valence-electron chi connectivity index (χ1n) is 7.70. The molecule has 0 saturated heterocycles. The van der Waals surface area contributed by atoms with Gasteiger partial charge in [-0.25, -0.2) is 4.98 Å². The van der Waals surface area contributed by atoms with Gasteiger partial charge in [-0.15, -0.1) is 11.3 Å². The smallest absolute Gasteiger partial charge is 0.260 e. The molecule has 4 aromatic rings. The summed E-state index contributed by atoms with van der Waals surface area (Å²) in [5, 5.41) is 11.2. The van der Waals surface area contributed by atoms with Crippen LogP contribution in [-0.2, 0) is 7.05 Å². The minimum absolute atomic E-state index is 0.0949. The second-order valence-electron chi connectivity index (χ2n) is 5.90. The predicted octanol–water partition coefficient (Wildman–Crippen LogP) is 2.59. The van der Waals surface area contributed by atoms with Crippen molar-refractivity contribution in [3.05, 3.63) is 40.8 Å². The van der Waals surface area contributed by atoms with Crippen LogP contribution < -0.4 is 17.2 Å². The maximum Gasteiger partial charge on any atom is 0.260 e. The van der Waals surface area contributed by atoms with Gasteiger partial charge in [0.05, 0.1) is 11.4 Å². The lowest BCUT2D eigenvalue weighted by atomic mass is 10.0. The summed E-state index contributed by atoms with van der Waals surface area (Å²) in [6.45, 7) is 0. The first-order valence-corrected chi connectivity index (χ1v) is 8.51. The third kappa shape index (κ3) is 2.04. The number of thiophene rings is 1. The Bertz CT molecular complexity index is 1260. The summed E-state index contributed by atoms with van der Waals surface area (Å²) < 4.78 is 1.96. The van der Waals surface area contributed by atoms with Crippen LogP contribution in [-0.4, -0.2) is 15.5 Å². The Labute approximate surface area is 152 Å². The minimum Gasteiger partial charge on any atom is -0.397 e. The normalized spacial score (nSPS) is 11.1. The second-order valence-corrected chi connectivity index (χ2v) is 6.89. The van der Waals surface area contributed by atoms with Crippen molar-refractivity contribution in [2.75, 3.05) is 11.5 Å². The number of aromatic nitrogens is 2. The number of rotatable bonds is 2. The van der Waals surface area contributed by atoms with Gasteiger partial charge in [0, 0.05) is 28.9 Å². The van der Waals surface area contributed by atoms with E-state index < -0.39 is 5.91 Å². The Kier molecular flexibility index (Phi) is 3.35. The number of carbonyl (C=O) groups excluding carboxylic acids is 1. The van der Waals surface area contributed by atoms with Gasteiger partial charge in [-0.1, -0.05) is 18.2 Å². The zero-order chi connectivity index (χ0) is 18.6. The van der Waals surface area contributed by atoms with Gasteiger partial charge in [-0.2, -0.15) is 5.26 Å². The molecule has 128 valence electrons. The van der Waals surface area contributed by atoms with Gasteiger partial charge in [0.25, 0.3) is 5.91 Å². The maximum absolute atomic E-state index is 11.7. The summed E-state index contributed by atoms with van der Waals surface area (Å²) in [4.78, 5) is 16.7. The monoisotopic (exact) mass is 362 g/mol. The van der Waals surface area contributed by atoms with Gasteiger partial charge in [-0.3, -0.25) is 4.79 Å². The van der Waals surface area contributed by atoms with Crippen LogP contribution in [0.25, 0.3) is 32.4 Å². The number of aryl methyl sites for hydroxylation is 1. The van der Waals surface area contributed by atoms with Gasteiger partial charge in [0.15, 0.2) is 0 Å². The van der Waals surface area contributed by atoms with Gasteiger partial charge >= 0.3 is 0 Å². The number of nitrogens with zero attached hydrogens (tertiary/aromatic N) is 3. The van der Waals surface area contributed by atoms with Crippen LogP contribution in [0.15, 0.2) is 30.3 Å². The standard InChI is InChI=1S/C18H14N6OS/c1-24-10-5-3-2-4-8(10)6-11(24)12-9(7-19)16(21)23-18-13(12)14(20)15(26-18)17(22)25/h2-6H,20H2,1H3,(H2,21,23)(H2,22,25). The molecular weight excluding hydrogens is 348 g/mol. The highest BCUT2D eigenvalue weighted by molar-refractivity contribution is 7.21. The SMILES string of the molecule is Cn1c(-c2c(C#N)c(N)nc3sc(C(N)=O)c(N)c23)cc2ccccc21. The van der Waals surface area contributed by atoms with E-state index in [4.69, 9.17) is 17.2 Å². The van der Waals surface area contributed by atoms with Crippen LogP contribution >= 0.6 is 11.3 Å². The van der Waals surface area contributed by atoms with Crippen LogP contribution in [0, 0.1) is 11.3 Å². The third-order valence-corrected chi connectivity index (χ3v) is 5.56. The summed E-state index contributed by atoms with van der Waals surface area (Å²) in [5.74, 6) is -0.539. The van der Waals surface area contributed by atoms with E-state index in [1.54, 1.807) is 0 Å². The summed E-state index contributed by atoms with van der Waals surface area (Å²) in [6.07, 6.45) is 0. The van der Waals surface area contributed by atoms with E-state index >= 15 is 0 Å². The largest absolute Gasteiger partial charge is 0.397 e. The molecule has 0 atom stereocenters. The molecular formula is C18H14N6OS. The molecule has 3 aromatic heterocycles. The van der Waals surface area contributed by atoms with Crippen molar-refractivity contribution in [1.82, 2.24) is 9.55 Å². The van der Waals surface area contributed by atoms with Crippen molar-refractivity contribution in [1.29, 1.82) is 5.26 Å². The first-order chi connectivity index (χ1) is 12.4. The van der Waals surface area contributed by atoms with Gasteiger partial charge in [-0.05, 0) is 12.1 Å². The highest BCUT2D eigenvalue weighted by atomic mass is 32.1. The topological polar surface area (TPSA) is 137 Å². The third-order valence-electron chi connectivity index (χ3n) is 4.45. The fourth-order valence-corrected chi connectivity index (χ4v) is 4.22. The zero-order valence-corrected chi connectivity index (χ0v) is 14.6. The van der Waals surface area contributed by atoms with Crippen molar-refractivity contribution in [3.63, 3.8) is 0 Å². The number of anilines is 2. The fraction of sp³-hybridized carbons (Fsp3) is 0.0556. The summed E-state index contributed by atoms with van der Waals surface area (Å²) in [6, 6.07) is 11.9. The molecule has 0 aliphatic carbocycles. The van der Waals surface area contributed by atoms with Gasteiger partial charge in [0.1, 0.15) is 27.2 Å². The number of pyridine rings is 1. The van der Waals surface area contributed by atoms with E-state index in [0.717, 1.165) is 27.9 Å². The number of hydrogen-bond donors (Lipinski definition) is 3. The highest BCUT2D eigenvalue weighted by Crippen LogP contribution is 2.43. The molecule has 7 nitrogen and oxygen atoms in total. The molecule has 8 heteroatoms. The molecule has 0 saturated carbocycles. The molecule has 0 radical (unpaired) electrons. The molecule has 1 aromatic carbocycles. The summed E-state index contributed by atoms with van der Waals surface area (Å²) in [5.41, 5.74) is 20.4. The Balaban J connectivity index is 2.21. The number of amides is 1. The Morgan fingerprint density at radius 1 is 1.31 bits per heavy atom. The summed E-state index contributed by atoms with van der Waals surface area (Å²) in [7, 11) is 1.90. The molecule has 6 N–H and O–H groups in total. The highest BCUT2D eigenvalue weighted by Gasteiger charge is 2.25. The number of para-hydroxylation sites is 1. The molecule has 1 amide bonds. The quantitative estimate of drug-likeness (QED) is 0.503. The molecule has 0 spiro atoms. The number of nitriles is 1. The van der Waals surface area contributed by atoms with Crippen LogP contribution in [0.1, 0.15) is 15.2 Å². The van der Waals surface area contributed by atoms with Crippen LogP contribution in [0.5, 0.6) is 0 Å². The summed E-state index contributed by atoms with van der Waals surface area (Å²) >= 11 is 1.08. The first kappa shape index (κ1) is 15.9. The molecule has 0 unspecified atom stereocenters. The number of fused-ring (bicyclic) bond motifs is 2. The Hall–Kier alpha value is -3.57. The van der Waals surface area contributed by atoms with Crippen molar-refractivity contribution < 1.29 is 4.79 Å². The number of nitrogen functional groups attached to an aromatic ring is 2. The zero-order valence-electron chi connectivity index (χ0n) is 13.8. The molecule has 26 heavy (non-hydrogen) atoms. The van der Waals surface area contributed by atoms with Gasteiger partial charge < -0.3 is 21.8 Å². The average Bonchev–Trinajstić information content (AvgIpc) is 3.12. The number of nitrogens with two attached hydrogens (primary N) is 3. The molecule has 0 aliphatic heterocycles. The van der Waals surface area contributed by atoms with Gasteiger partial charge in [0.2, 0.25) is 0 Å². The van der Waals surface area contributed by atoms with E-state index in [9.17, 15) is 10.1 Å². The Morgan fingerprint density at radius 3 is 2.69 bits per heavy atom. The van der Waals surface area contributed by atoms with Crippen molar-refractivity contribution in [2.45, 2.75) is 0 Å². The number of benzene rings is 1. The van der Waals surface area contributed by atoms with Crippen molar-refractivity contribution >= 4 is 49.9 Å².